The summed E-state index contributed by atoms with van der Waals surface area (Å²) < 4.78 is 5.78. The van der Waals surface area contributed by atoms with Crippen molar-refractivity contribution in [1.29, 1.82) is 0 Å². The second-order valence-electron chi connectivity index (χ2n) is 9.64. The SMILES string of the molecule is CCOC1=CC2=CC[C@@H]3[C@H](CC[C@@]4(C)[C@@]3(O)CC[C@@]4(C)O)[C@@]2(C)CC1. The molecule has 0 aromatic heterocycles. The lowest BCUT2D eigenvalue weighted by molar-refractivity contribution is -0.208. The molecule has 3 heteroatoms. The van der Waals surface area contributed by atoms with Crippen LogP contribution in [0.1, 0.15) is 72.6 Å². The van der Waals surface area contributed by atoms with Crippen molar-refractivity contribution >= 4 is 0 Å². The molecule has 0 heterocycles. The number of rotatable bonds is 2. The minimum atomic E-state index is -0.758. The Balaban J connectivity index is 1.72. The van der Waals surface area contributed by atoms with Gasteiger partial charge in [0.1, 0.15) is 0 Å². The molecule has 4 aliphatic carbocycles. The lowest BCUT2D eigenvalue weighted by atomic mass is 9.46. The van der Waals surface area contributed by atoms with Gasteiger partial charge in [-0.3, -0.25) is 0 Å². The van der Waals surface area contributed by atoms with E-state index in [4.69, 9.17) is 4.74 Å². The Morgan fingerprint density at radius 2 is 1.84 bits per heavy atom. The fourth-order valence-electron chi connectivity index (χ4n) is 6.81. The predicted molar refractivity (Wildman–Crippen MR) is 98.9 cm³/mol. The van der Waals surface area contributed by atoms with Crippen molar-refractivity contribution in [3.8, 4) is 0 Å². The third-order valence-corrected chi connectivity index (χ3v) is 8.80. The van der Waals surface area contributed by atoms with Gasteiger partial charge in [0.05, 0.1) is 23.6 Å². The maximum absolute atomic E-state index is 11.8. The van der Waals surface area contributed by atoms with Crippen molar-refractivity contribution in [3.63, 3.8) is 0 Å². The molecule has 4 aliphatic rings. The van der Waals surface area contributed by atoms with Gasteiger partial charge in [-0.1, -0.05) is 19.9 Å². The Morgan fingerprint density at radius 3 is 2.56 bits per heavy atom. The summed E-state index contributed by atoms with van der Waals surface area (Å²) >= 11 is 0. The smallest absolute Gasteiger partial charge is 0.0962 e. The Bertz CT molecular complexity index is 633. The van der Waals surface area contributed by atoms with E-state index in [1.165, 1.54) is 5.57 Å². The Morgan fingerprint density at radius 1 is 1.08 bits per heavy atom. The molecule has 2 saturated carbocycles. The first-order chi connectivity index (χ1) is 11.7. The van der Waals surface area contributed by atoms with Gasteiger partial charge in [-0.2, -0.15) is 0 Å². The molecule has 0 aromatic carbocycles. The molecule has 0 unspecified atom stereocenters. The molecule has 3 nitrogen and oxygen atoms in total. The van der Waals surface area contributed by atoms with Gasteiger partial charge >= 0.3 is 0 Å². The van der Waals surface area contributed by atoms with Crippen LogP contribution in [-0.4, -0.2) is 28.0 Å². The van der Waals surface area contributed by atoms with Crippen LogP contribution in [0, 0.1) is 22.7 Å². The van der Waals surface area contributed by atoms with Crippen molar-refractivity contribution in [3.05, 3.63) is 23.5 Å². The van der Waals surface area contributed by atoms with Gasteiger partial charge in [-0.15, -0.1) is 0 Å². The van der Waals surface area contributed by atoms with Crippen molar-refractivity contribution in [2.45, 2.75) is 83.8 Å². The van der Waals surface area contributed by atoms with E-state index < -0.39 is 11.2 Å². The summed E-state index contributed by atoms with van der Waals surface area (Å²) in [6.45, 7) is 9.24. The van der Waals surface area contributed by atoms with E-state index in [1.807, 2.05) is 13.8 Å². The van der Waals surface area contributed by atoms with Crippen LogP contribution < -0.4 is 0 Å². The molecule has 0 amide bonds. The molecule has 4 rings (SSSR count). The topological polar surface area (TPSA) is 49.7 Å². The molecule has 0 saturated heterocycles. The summed E-state index contributed by atoms with van der Waals surface area (Å²) in [5.74, 6) is 1.88. The third-order valence-electron chi connectivity index (χ3n) is 8.80. The van der Waals surface area contributed by atoms with Crippen LogP contribution in [0.3, 0.4) is 0 Å². The zero-order valence-corrected chi connectivity index (χ0v) is 16.3. The molecule has 0 aliphatic heterocycles. The van der Waals surface area contributed by atoms with Crippen LogP contribution in [-0.2, 0) is 4.74 Å². The molecule has 2 fully saturated rings. The Labute approximate surface area is 152 Å². The van der Waals surface area contributed by atoms with Crippen LogP contribution in [0.4, 0.5) is 0 Å². The van der Waals surface area contributed by atoms with Gasteiger partial charge in [-0.05, 0) is 81.3 Å². The maximum atomic E-state index is 11.8. The van der Waals surface area contributed by atoms with Crippen molar-refractivity contribution < 1.29 is 14.9 Å². The lowest BCUT2D eigenvalue weighted by Gasteiger charge is -2.61. The molecule has 0 bridgehead atoms. The van der Waals surface area contributed by atoms with Gasteiger partial charge in [-0.25, -0.2) is 0 Å². The number of hydrogen-bond donors (Lipinski definition) is 2. The van der Waals surface area contributed by atoms with Crippen LogP contribution in [0.5, 0.6) is 0 Å². The van der Waals surface area contributed by atoms with Crippen LogP contribution in [0.25, 0.3) is 0 Å². The van der Waals surface area contributed by atoms with Gasteiger partial charge < -0.3 is 14.9 Å². The van der Waals surface area contributed by atoms with Gasteiger partial charge in [0.2, 0.25) is 0 Å². The van der Waals surface area contributed by atoms with E-state index in [1.54, 1.807) is 0 Å². The first-order valence-electron chi connectivity index (χ1n) is 10.2. The number of fused-ring (bicyclic) bond motifs is 5. The lowest BCUT2D eigenvalue weighted by Crippen LogP contribution is -2.63. The number of aliphatic hydroxyl groups is 2. The van der Waals surface area contributed by atoms with Crippen LogP contribution in [0.15, 0.2) is 23.5 Å². The average molecular weight is 347 g/mol. The summed E-state index contributed by atoms with van der Waals surface area (Å²) in [5.41, 5.74) is -0.333. The molecule has 0 spiro atoms. The molecule has 140 valence electrons. The summed E-state index contributed by atoms with van der Waals surface area (Å²) in [5, 5.41) is 22.8. The number of allylic oxidation sites excluding steroid dienone is 4. The Hall–Kier alpha value is -0.800. The van der Waals surface area contributed by atoms with E-state index in [-0.39, 0.29) is 16.7 Å². The molecular weight excluding hydrogens is 312 g/mol. The quantitative estimate of drug-likeness (QED) is 0.782. The molecule has 0 radical (unpaired) electrons. The molecular formula is C22H34O3. The molecule has 0 aromatic rings. The van der Waals surface area contributed by atoms with E-state index >= 15 is 0 Å². The summed E-state index contributed by atoms with van der Waals surface area (Å²) in [6, 6.07) is 0. The fourth-order valence-corrected chi connectivity index (χ4v) is 6.81. The molecule has 6 atom stereocenters. The standard InChI is InChI=1S/C22H34O3/c1-5-25-16-8-10-19(2)15(14-16)6-7-18-17(19)9-11-20(3)21(4,23)12-13-22(18,20)24/h6,14,17-18,23-24H,5,7-13H2,1-4H3/t17-,18+,19-,20+,21+,22+/m0/s1. The maximum Gasteiger partial charge on any atom is 0.0962 e. The van der Waals surface area contributed by atoms with Gasteiger partial charge in [0.15, 0.2) is 0 Å². The minimum absolute atomic E-state index is 0.134. The van der Waals surface area contributed by atoms with E-state index in [0.717, 1.165) is 50.9 Å². The van der Waals surface area contributed by atoms with E-state index in [2.05, 4.69) is 26.0 Å². The predicted octanol–water partition coefficient (Wildman–Crippen LogP) is 4.35. The first kappa shape index (κ1) is 17.6. The second-order valence-corrected chi connectivity index (χ2v) is 9.64. The number of hydrogen-bond acceptors (Lipinski definition) is 3. The average Bonchev–Trinajstić information content (AvgIpc) is 2.75. The van der Waals surface area contributed by atoms with Crippen LogP contribution >= 0.6 is 0 Å². The fraction of sp³-hybridized carbons (Fsp3) is 0.818. The van der Waals surface area contributed by atoms with Crippen molar-refractivity contribution in [2.75, 3.05) is 6.61 Å². The van der Waals surface area contributed by atoms with E-state index in [9.17, 15) is 10.2 Å². The largest absolute Gasteiger partial charge is 0.498 e. The zero-order chi connectivity index (χ0) is 18.1. The highest BCUT2D eigenvalue weighted by atomic mass is 16.5. The minimum Gasteiger partial charge on any atom is -0.498 e. The Kier molecular flexibility index (Phi) is 3.77. The monoisotopic (exact) mass is 346 g/mol. The van der Waals surface area contributed by atoms with E-state index in [0.29, 0.717) is 12.3 Å². The van der Waals surface area contributed by atoms with Gasteiger partial charge in [0.25, 0.3) is 0 Å². The number of ether oxygens (including phenoxy) is 1. The van der Waals surface area contributed by atoms with Crippen LogP contribution in [0.2, 0.25) is 0 Å². The van der Waals surface area contributed by atoms with Gasteiger partial charge in [0, 0.05) is 11.8 Å². The van der Waals surface area contributed by atoms with Crippen molar-refractivity contribution in [1.82, 2.24) is 0 Å². The second kappa shape index (κ2) is 5.36. The summed E-state index contributed by atoms with van der Waals surface area (Å²) in [7, 11) is 0. The molecule has 25 heavy (non-hydrogen) atoms. The highest BCUT2D eigenvalue weighted by molar-refractivity contribution is 5.37. The van der Waals surface area contributed by atoms with Crippen molar-refractivity contribution in [2.24, 2.45) is 22.7 Å². The first-order valence-corrected chi connectivity index (χ1v) is 10.2. The third kappa shape index (κ3) is 2.12. The normalized spacial score (nSPS) is 51.8. The zero-order valence-electron chi connectivity index (χ0n) is 16.3. The summed E-state index contributed by atoms with van der Waals surface area (Å²) in [6.07, 6.45) is 11.1. The highest BCUT2D eigenvalue weighted by Crippen LogP contribution is 2.68. The summed E-state index contributed by atoms with van der Waals surface area (Å²) in [4.78, 5) is 0. The molecule has 2 N–H and O–H groups in total. The highest BCUT2D eigenvalue weighted by Gasteiger charge is 2.69.